The predicted molar refractivity (Wildman–Crippen MR) is 159 cm³/mol. The fourth-order valence-corrected chi connectivity index (χ4v) is 4.85. The van der Waals surface area contributed by atoms with Gasteiger partial charge in [0.15, 0.2) is 0 Å². The molecular weight excluding hydrogens is 854 g/mol. The van der Waals surface area contributed by atoms with Crippen molar-refractivity contribution in [3.05, 3.63) is 131 Å². The third-order valence-corrected chi connectivity index (χ3v) is 6.87. The Hall–Kier alpha value is -2.60. The van der Waals surface area contributed by atoms with Crippen LogP contribution in [0.2, 0.25) is 0 Å². The Kier molecular flexibility index (Phi) is 13.4. The van der Waals surface area contributed by atoms with E-state index in [-0.39, 0.29) is 44.8 Å². The van der Waals surface area contributed by atoms with Crippen molar-refractivity contribution in [1.82, 2.24) is 9.80 Å². The molecule has 0 fully saturated rings. The summed E-state index contributed by atoms with van der Waals surface area (Å²) in [4.78, 5) is 4.36. The second kappa shape index (κ2) is 16.0. The standard InChI is InChI=1S/2C15H9.C6H16N2.2Au/c2*1-2-11-7-8-15-13(9-11)10-12-5-3-4-6-14(12)15;1-7(2)5-6-8(3)4;;/h2*3-9H,10H2;5-6H2,1-4H3;;/q2*-1;;;. The summed E-state index contributed by atoms with van der Waals surface area (Å²) in [6.45, 7) is 2.29. The first-order valence-electron chi connectivity index (χ1n) is 13.0. The Balaban J connectivity index is 0.000000216. The molecule has 4 heteroatoms. The molecule has 212 valence electrons. The third kappa shape index (κ3) is 8.45. The molecular formula is C36H34Au2N2-2. The average Bonchev–Trinajstić information content (AvgIpc) is 3.49. The van der Waals surface area contributed by atoms with Crippen LogP contribution in [0.25, 0.3) is 22.3 Å². The van der Waals surface area contributed by atoms with Crippen molar-refractivity contribution >= 4 is 0 Å². The van der Waals surface area contributed by atoms with E-state index in [1.54, 1.807) is 0 Å². The molecule has 2 nitrogen and oxygen atoms in total. The Morgan fingerprint density at radius 2 is 0.875 bits per heavy atom. The van der Waals surface area contributed by atoms with Crippen LogP contribution in [0.3, 0.4) is 0 Å². The molecule has 0 bridgehead atoms. The van der Waals surface area contributed by atoms with Gasteiger partial charge in [-0.05, 0) is 74.4 Å². The number of rotatable bonds is 3. The summed E-state index contributed by atoms with van der Waals surface area (Å²) >= 11 is 0. The molecule has 4 aromatic rings. The fraction of sp³-hybridized carbons (Fsp3) is 0.222. The predicted octanol–water partition coefficient (Wildman–Crippen LogP) is 6.50. The van der Waals surface area contributed by atoms with Crippen molar-refractivity contribution in [2.24, 2.45) is 0 Å². The topological polar surface area (TPSA) is 6.48 Å². The molecule has 2 aliphatic rings. The molecule has 2 radical (unpaired) electrons. The number of fused-ring (bicyclic) bond motifs is 6. The van der Waals surface area contributed by atoms with Gasteiger partial charge in [-0.3, -0.25) is 11.8 Å². The Labute approximate surface area is 272 Å². The van der Waals surface area contributed by atoms with Crippen molar-refractivity contribution in [2.75, 3.05) is 41.3 Å². The zero-order valence-corrected chi connectivity index (χ0v) is 27.7. The molecule has 2 aliphatic carbocycles. The number of nitrogens with zero attached hydrogens (tertiary/aromatic N) is 2. The number of likely N-dealkylation sites (N-methyl/N-ethyl adjacent to an activating group) is 2. The monoisotopic (exact) mass is 888 g/mol. The third-order valence-electron chi connectivity index (χ3n) is 6.87. The van der Waals surface area contributed by atoms with Crippen molar-refractivity contribution in [3.8, 4) is 34.1 Å². The van der Waals surface area contributed by atoms with Crippen LogP contribution in [-0.4, -0.2) is 51.1 Å². The number of hydrogen-bond donors (Lipinski definition) is 0. The van der Waals surface area contributed by atoms with E-state index >= 15 is 0 Å². The van der Waals surface area contributed by atoms with Gasteiger partial charge in [0.1, 0.15) is 0 Å². The number of hydrogen-bond acceptors (Lipinski definition) is 2. The molecule has 4 aromatic carbocycles. The SMILES string of the molecule is CN(C)CCN(C)C.[Au].[Au].[C-]#Cc1ccc2c(c1)Cc1ccccc1-2.[C-]#Cc1ccc2c(c1)Cc1ccccc1-2. The van der Waals surface area contributed by atoms with Gasteiger partial charge in [-0.25, -0.2) is 0 Å². The van der Waals surface area contributed by atoms with Gasteiger partial charge in [-0.1, -0.05) is 71.8 Å². The number of benzene rings is 4. The molecule has 0 N–H and O–H groups in total. The van der Waals surface area contributed by atoms with Gasteiger partial charge in [-0.15, -0.1) is 35.4 Å². The summed E-state index contributed by atoms with van der Waals surface area (Å²) in [7, 11) is 8.35. The smallest absolute Gasteiger partial charge is 0.0103 e. The van der Waals surface area contributed by atoms with Crippen LogP contribution in [0.5, 0.6) is 0 Å². The van der Waals surface area contributed by atoms with E-state index in [1.807, 2.05) is 12.1 Å². The summed E-state index contributed by atoms with van der Waals surface area (Å²) in [5, 5.41) is 0. The molecule has 0 saturated carbocycles. The Morgan fingerprint density at radius 1 is 0.525 bits per heavy atom. The summed E-state index contributed by atoms with van der Waals surface area (Å²) in [6, 6.07) is 29.2. The second-order valence-electron chi connectivity index (χ2n) is 10.3. The zero-order valence-electron chi connectivity index (χ0n) is 23.4. The van der Waals surface area contributed by atoms with E-state index < -0.39 is 0 Å². The average molecular weight is 889 g/mol. The van der Waals surface area contributed by atoms with E-state index in [0.717, 1.165) is 37.1 Å². The van der Waals surface area contributed by atoms with Gasteiger partial charge in [-0.2, -0.15) is 0 Å². The minimum absolute atomic E-state index is 0. The minimum atomic E-state index is 0. The van der Waals surface area contributed by atoms with Crippen LogP contribution in [0.15, 0.2) is 84.9 Å². The minimum Gasteiger partial charge on any atom is -0.366 e. The molecule has 0 spiro atoms. The van der Waals surface area contributed by atoms with Crippen molar-refractivity contribution in [3.63, 3.8) is 0 Å². The van der Waals surface area contributed by atoms with Crippen LogP contribution < -0.4 is 0 Å². The van der Waals surface area contributed by atoms with Gasteiger partial charge in [0.2, 0.25) is 0 Å². The molecule has 0 amide bonds. The van der Waals surface area contributed by atoms with Gasteiger partial charge in [0.05, 0.1) is 0 Å². The summed E-state index contributed by atoms with van der Waals surface area (Å²) in [6.07, 6.45) is 16.2. The van der Waals surface area contributed by atoms with Crippen LogP contribution in [-0.2, 0) is 57.6 Å². The van der Waals surface area contributed by atoms with E-state index in [4.69, 9.17) is 12.8 Å². The molecule has 0 heterocycles. The Bertz CT molecular complexity index is 1390. The van der Waals surface area contributed by atoms with E-state index in [2.05, 4.69) is 123 Å². The van der Waals surface area contributed by atoms with E-state index in [9.17, 15) is 0 Å². The normalized spacial score (nSPS) is 11.0. The van der Waals surface area contributed by atoms with Gasteiger partial charge in [0, 0.05) is 57.9 Å². The Morgan fingerprint density at radius 3 is 1.23 bits per heavy atom. The van der Waals surface area contributed by atoms with E-state index in [0.29, 0.717) is 0 Å². The van der Waals surface area contributed by atoms with E-state index in [1.165, 1.54) is 44.5 Å². The maximum absolute atomic E-state index is 7.12. The first-order valence-corrected chi connectivity index (χ1v) is 13.0. The molecule has 6 rings (SSSR count). The molecule has 0 aromatic heterocycles. The van der Waals surface area contributed by atoms with Gasteiger partial charge >= 0.3 is 0 Å². The maximum atomic E-state index is 7.12. The van der Waals surface area contributed by atoms with Crippen LogP contribution in [0.1, 0.15) is 33.4 Å². The van der Waals surface area contributed by atoms with Gasteiger partial charge < -0.3 is 22.6 Å². The fourth-order valence-electron chi connectivity index (χ4n) is 4.85. The summed E-state index contributed by atoms with van der Waals surface area (Å²) < 4.78 is 0. The van der Waals surface area contributed by atoms with Gasteiger partial charge in [0.25, 0.3) is 0 Å². The van der Waals surface area contributed by atoms with Crippen molar-refractivity contribution in [1.29, 1.82) is 0 Å². The maximum Gasteiger partial charge on any atom is 0.0103 e. The first-order chi connectivity index (χ1) is 18.4. The zero-order chi connectivity index (χ0) is 27.1. The molecule has 40 heavy (non-hydrogen) atoms. The van der Waals surface area contributed by atoms with Crippen molar-refractivity contribution in [2.45, 2.75) is 12.8 Å². The van der Waals surface area contributed by atoms with Crippen LogP contribution in [0.4, 0.5) is 0 Å². The van der Waals surface area contributed by atoms with Crippen molar-refractivity contribution < 1.29 is 44.8 Å². The summed E-state index contributed by atoms with van der Waals surface area (Å²) in [5.74, 6) is 4.87. The molecule has 0 aliphatic heterocycles. The largest absolute Gasteiger partial charge is 0.366 e. The first kappa shape index (κ1) is 33.6. The second-order valence-corrected chi connectivity index (χ2v) is 10.3. The van der Waals surface area contributed by atoms with Crippen LogP contribution >= 0.6 is 0 Å². The quantitative estimate of drug-likeness (QED) is 0.114. The summed E-state index contributed by atoms with van der Waals surface area (Å²) in [5.41, 5.74) is 12.4. The molecule has 0 unspecified atom stereocenters. The molecule has 0 atom stereocenters. The van der Waals surface area contributed by atoms with Crippen LogP contribution in [0, 0.1) is 24.7 Å². The molecule has 0 saturated heterocycles.